The van der Waals surface area contributed by atoms with Gasteiger partial charge in [-0.15, -0.1) is 10.2 Å². The van der Waals surface area contributed by atoms with Gasteiger partial charge < -0.3 is 14.9 Å². The van der Waals surface area contributed by atoms with Crippen LogP contribution in [-0.2, 0) is 13.5 Å². The zero-order valence-electron chi connectivity index (χ0n) is 11.7. The van der Waals surface area contributed by atoms with Crippen molar-refractivity contribution in [3.8, 4) is 0 Å². The highest BCUT2D eigenvalue weighted by atomic mass is 32.2. The monoisotopic (exact) mass is 292 g/mol. The summed E-state index contributed by atoms with van der Waals surface area (Å²) in [6.07, 6.45) is 6.99. The van der Waals surface area contributed by atoms with Gasteiger partial charge in [-0.25, -0.2) is 4.98 Å². The molecule has 6 nitrogen and oxygen atoms in total. The Morgan fingerprint density at radius 1 is 1.45 bits per heavy atom. The fraction of sp³-hybridized carbons (Fsp3) is 0.615. The molecule has 1 aliphatic rings. The predicted octanol–water partition coefficient (Wildman–Crippen LogP) is 1.34. The van der Waals surface area contributed by atoms with E-state index < -0.39 is 0 Å². The Hall–Kier alpha value is -1.34. The molecule has 1 atom stereocenters. The fourth-order valence-corrected chi connectivity index (χ4v) is 3.42. The predicted molar refractivity (Wildman–Crippen MR) is 78.9 cm³/mol. The van der Waals surface area contributed by atoms with Gasteiger partial charge >= 0.3 is 0 Å². The van der Waals surface area contributed by atoms with Crippen LogP contribution in [0.4, 0.5) is 0 Å². The van der Waals surface area contributed by atoms with Crippen LogP contribution in [0.25, 0.3) is 0 Å². The molecule has 2 aromatic rings. The number of rotatable bonds is 5. The lowest BCUT2D eigenvalue weighted by molar-refractivity contribution is 0.436. The van der Waals surface area contributed by atoms with Crippen molar-refractivity contribution in [2.75, 3.05) is 18.8 Å². The molecule has 108 valence electrons. The molecule has 3 heterocycles. The summed E-state index contributed by atoms with van der Waals surface area (Å²) < 4.78 is 2.14. The van der Waals surface area contributed by atoms with Crippen molar-refractivity contribution >= 4 is 11.8 Å². The van der Waals surface area contributed by atoms with Crippen LogP contribution in [0.3, 0.4) is 0 Å². The Labute approximate surface area is 122 Å². The Morgan fingerprint density at radius 2 is 2.40 bits per heavy atom. The van der Waals surface area contributed by atoms with Gasteiger partial charge in [-0.05, 0) is 19.4 Å². The normalized spacial score (nSPS) is 19.4. The first-order valence-electron chi connectivity index (χ1n) is 7.05. The summed E-state index contributed by atoms with van der Waals surface area (Å²) in [7, 11) is 2.07. The molecule has 0 unspecified atom stereocenters. The van der Waals surface area contributed by atoms with Crippen LogP contribution in [0, 0.1) is 0 Å². The lowest BCUT2D eigenvalue weighted by Gasteiger charge is -2.21. The highest BCUT2D eigenvalue weighted by Crippen LogP contribution is 2.24. The number of nitrogens with zero attached hydrogens (tertiary/aromatic N) is 4. The second kappa shape index (κ2) is 6.41. The van der Waals surface area contributed by atoms with Gasteiger partial charge in [0.25, 0.3) is 0 Å². The maximum Gasteiger partial charge on any atom is 0.190 e. The Morgan fingerprint density at radius 3 is 3.15 bits per heavy atom. The number of aryl methyl sites for hydroxylation is 1. The zero-order chi connectivity index (χ0) is 13.8. The van der Waals surface area contributed by atoms with Crippen LogP contribution in [0.1, 0.15) is 30.4 Å². The Kier molecular flexibility index (Phi) is 4.37. The minimum Gasteiger partial charge on any atom is -0.349 e. The van der Waals surface area contributed by atoms with Crippen molar-refractivity contribution in [3.63, 3.8) is 0 Å². The summed E-state index contributed by atoms with van der Waals surface area (Å²) in [4.78, 5) is 7.35. The quantitative estimate of drug-likeness (QED) is 0.814. The van der Waals surface area contributed by atoms with E-state index in [1.54, 1.807) is 18.0 Å². The van der Waals surface area contributed by atoms with Gasteiger partial charge in [0.15, 0.2) is 5.16 Å². The topological polar surface area (TPSA) is 71.4 Å². The van der Waals surface area contributed by atoms with E-state index in [2.05, 4.69) is 37.1 Å². The summed E-state index contributed by atoms with van der Waals surface area (Å²) in [5.41, 5.74) is 0. The number of aromatic nitrogens is 5. The van der Waals surface area contributed by atoms with E-state index >= 15 is 0 Å². The number of imidazole rings is 1. The van der Waals surface area contributed by atoms with Crippen LogP contribution in [0.5, 0.6) is 0 Å². The smallest absolute Gasteiger partial charge is 0.190 e. The van der Waals surface area contributed by atoms with Gasteiger partial charge in [-0.1, -0.05) is 11.8 Å². The number of hydrogen-bond donors (Lipinski definition) is 2. The third kappa shape index (κ3) is 3.04. The Balaban J connectivity index is 1.58. The van der Waals surface area contributed by atoms with E-state index in [1.807, 2.05) is 6.20 Å². The molecular formula is C13H20N6S. The first kappa shape index (κ1) is 13.6. The van der Waals surface area contributed by atoms with E-state index in [0.717, 1.165) is 42.1 Å². The molecule has 0 saturated carbocycles. The third-order valence-electron chi connectivity index (χ3n) is 3.66. The number of aromatic amines is 1. The van der Waals surface area contributed by atoms with Gasteiger partial charge in [-0.2, -0.15) is 0 Å². The van der Waals surface area contributed by atoms with E-state index in [0.29, 0.717) is 5.92 Å². The van der Waals surface area contributed by atoms with Gasteiger partial charge in [0.05, 0.1) is 0 Å². The molecule has 2 N–H and O–H groups in total. The second-order valence-electron chi connectivity index (χ2n) is 5.08. The minimum absolute atomic E-state index is 0.501. The summed E-state index contributed by atoms with van der Waals surface area (Å²) in [6.45, 7) is 2.14. The molecule has 0 aromatic carbocycles. The van der Waals surface area contributed by atoms with Gasteiger partial charge in [0.2, 0.25) is 0 Å². The molecule has 0 radical (unpaired) electrons. The summed E-state index contributed by atoms with van der Waals surface area (Å²) in [5.74, 6) is 3.59. The molecule has 20 heavy (non-hydrogen) atoms. The molecule has 0 amide bonds. The third-order valence-corrected chi connectivity index (χ3v) is 4.68. The van der Waals surface area contributed by atoms with Crippen molar-refractivity contribution in [2.24, 2.45) is 7.05 Å². The van der Waals surface area contributed by atoms with Crippen LogP contribution in [0.15, 0.2) is 17.6 Å². The first-order valence-corrected chi connectivity index (χ1v) is 8.04. The summed E-state index contributed by atoms with van der Waals surface area (Å²) in [5, 5.41) is 13.1. The lowest BCUT2D eigenvalue weighted by Crippen LogP contribution is -2.29. The van der Waals surface area contributed by atoms with Crippen LogP contribution in [0.2, 0.25) is 0 Å². The van der Waals surface area contributed by atoms with E-state index in [1.165, 1.54) is 12.8 Å². The average Bonchev–Trinajstić information content (AvgIpc) is 3.11. The van der Waals surface area contributed by atoms with E-state index in [4.69, 9.17) is 0 Å². The van der Waals surface area contributed by atoms with Crippen LogP contribution in [-0.4, -0.2) is 43.6 Å². The molecule has 2 aromatic heterocycles. The molecule has 3 rings (SSSR count). The molecule has 0 aliphatic carbocycles. The van der Waals surface area contributed by atoms with Crippen LogP contribution < -0.4 is 5.32 Å². The largest absolute Gasteiger partial charge is 0.349 e. The van der Waals surface area contributed by atoms with Crippen molar-refractivity contribution < 1.29 is 0 Å². The molecule has 0 bridgehead atoms. The maximum atomic E-state index is 4.38. The minimum atomic E-state index is 0.501. The standard InChI is InChI=1S/C13H20N6S/c1-19-12(10-3-2-5-14-9-10)17-18-13(19)20-8-4-11-15-6-7-16-11/h6-7,10,14H,2-5,8-9H2,1H3,(H,15,16)/t10-/m1/s1. The molecule has 0 spiro atoms. The molecule has 1 fully saturated rings. The highest BCUT2D eigenvalue weighted by Gasteiger charge is 2.21. The van der Waals surface area contributed by atoms with Crippen molar-refractivity contribution in [2.45, 2.75) is 30.3 Å². The average molecular weight is 292 g/mol. The molecule has 1 saturated heterocycles. The molecule has 7 heteroatoms. The van der Waals surface area contributed by atoms with Gasteiger partial charge in [-0.3, -0.25) is 0 Å². The first-order chi connectivity index (χ1) is 9.84. The highest BCUT2D eigenvalue weighted by molar-refractivity contribution is 7.99. The maximum absolute atomic E-state index is 4.38. The number of hydrogen-bond acceptors (Lipinski definition) is 5. The van der Waals surface area contributed by atoms with Crippen molar-refractivity contribution in [1.82, 2.24) is 30.0 Å². The van der Waals surface area contributed by atoms with Gasteiger partial charge in [0, 0.05) is 44.1 Å². The number of piperidine rings is 1. The number of nitrogens with one attached hydrogen (secondary N) is 2. The molecular weight excluding hydrogens is 272 g/mol. The second-order valence-corrected chi connectivity index (χ2v) is 6.14. The number of thioether (sulfide) groups is 1. The van der Waals surface area contributed by atoms with E-state index in [-0.39, 0.29) is 0 Å². The number of H-pyrrole nitrogens is 1. The van der Waals surface area contributed by atoms with Gasteiger partial charge in [0.1, 0.15) is 11.6 Å². The lowest BCUT2D eigenvalue weighted by atomic mass is 9.99. The summed E-state index contributed by atoms with van der Waals surface area (Å²) in [6, 6.07) is 0. The SMILES string of the molecule is Cn1c(SCCc2ncc[nH]2)nnc1[C@@H]1CCCNC1. The van der Waals surface area contributed by atoms with Crippen molar-refractivity contribution in [1.29, 1.82) is 0 Å². The summed E-state index contributed by atoms with van der Waals surface area (Å²) >= 11 is 1.74. The Bertz CT molecular complexity index is 529. The van der Waals surface area contributed by atoms with Crippen LogP contribution >= 0.6 is 11.8 Å². The fourth-order valence-electron chi connectivity index (χ4n) is 2.55. The van der Waals surface area contributed by atoms with E-state index in [9.17, 15) is 0 Å². The molecule has 1 aliphatic heterocycles. The van der Waals surface area contributed by atoms with Crippen molar-refractivity contribution in [3.05, 3.63) is 24.0 Å². The zero-order valence-corrected chi connectivity index (χ0v) is 12.5.